The molecule has 5 heteroatoms. The predicted molar refractivity (Wildman–Crippen MR) is 65.8 cm³/mol. The fourth-order valence-electron chi connectivity index (χ4n) is 1.49. The van der Waals surface area contributed by atoms with Gasteiger partial charge in [-0.3, -0.25) is 9.63 Å². The standard InChI is InChI=1S/C11H11BrClNO2/c12-9-5-6-16-14(7-9)11(15)8-1-3-10(13)4-2-8/h1-4,9H,5-7H2. The third kappa shape index (κ3) is 2.75. The number of halogens is 2. The first-order chi connectivity index (χ1) is 7.66. The zero-order chi connectivity index (χ0) is 11.5. The van der Waals surface area contributed by atoms with Crippen molar-refractivity contribution in [2.45, 2.75) is 11.2 Å². The van der Waals surface area contributed by atoms with Crippen LogP contribution in [0.5, 0.6) is 0 Å². The van der Waals surface area contributed by atoms with Crippen molar-refractivity contribution >= 4 is 33.4 Å². The summed E-state index contributed by atoms with van der Waals surface area (Å²) in [4.78, 5) is 17.6. The molecule has 1 aliphatic heterocycles. The SMILES string of the molecule is O=C(c1ccc(Cl)cc1)N1CC(Br)CCO1. The van der Waals surface area contributed by atoms with Gasteiger partial charge in [-0.15, -0.1) is 0 Å². The maximum atomic E-state index is 12.0. The lowest BCUT2D eigenvalue weighted by atomic mass is 10.2. The van der Waals surface area contributed by atoms with Crippen molar-refractivity contribution < 1.29 is 9.63 Å². The van der Waals surface area contributed by atoms with Crippen LogP contribution in [-0.4, -0.2) is 28.9 Å². The van der Waals surface area contributed by atoms with Crippen molar-refractivity contribution in [2.24, 2.45) is 0 Å². The maximum absolute atomic E-state index is 12.0. The lowest BCUT2D eigenvalue weighted by molar-refractivity contribution is -0.141. The van der Waals surface area contributed by atoms with Crippen LogP contribution in [0, 0.1) is 0 Å². The number of carbonyl (C=O) groups is 1. The van der Waals surface area contributed by atoms with Crippen LogP contribution in [-0.2, 0) is 4.84 Å². The fourth-order valence-corrected chi connectivity index (χ4v) is 2.07. The van der Waals surface area contributed by atoms with Gasteiger partial charge in [0.25, 0.3) is 5.91 Å². The number of alkyl halides is 1. The maximum Gasteiger partial charge on any atom is 0.277 e. The Morgan fingerprint density at radius 2 is 2.12 bits per heavy atom. The number of hydroxylamine groups is 2. The van der Waals surface area contributed by atoms with Crippen LogP contribution in [0.1, 0.15) is 16.8 Å². The smallest absolute Gasteiger partial charge is 0.271 e. The summed E-state index contributed by atoms with van der Waals surface area (Å²) in [6.07, 6.45) is 0.921. The molecule has 3 nitrogen and oxygen atoms in total. The van der Waals surface area contributed by atoms with Crippen molar-refractivity contribution in [3.63, 3.8) is 0 Å². The minimum atomic E-state index is -0.124. The van der Waals surface area contributed by atoms with Gasteiger partial charge < -0.3 is 0 Å². The first kappa shape index (κ1) is 11.9. The highest BCUT2D eigenvalue weighted by Crippen LogP contribution is 2.18. The van der Waals surface area contributed by atoms with E-state index in [0.717, 1.165) is 6.42 Å². The fraction of sp³-hybridized carbons (Fsp3) is 0.364. The lowest BCUT2D eigenvalue weighted by Gasteiger charge is -2.29. The number of hydrogen-bond donors (Lipinski definition) is 0. The Hall–Kier alpha value is -0.580. The van der Waals surface area contributed by atoms with Crippen LogP contribution >= 0.6 is 27.5 Å². The Morgan fingerprint density at radius 3 is 2.75 bits per heavy atom. The van der Waals surface area contributed by atoms with Gasteiger partial charge >= 0.3 is 0 Å². The van der Waals surface area contributed by atoms with E-state index in [1.165, 1.54) is 5.06 Å². The van der Waals surface area contributed by atoms with Crippen molar-refractivity contribution in [3.05, 3.63) is 34.9 Å². The summed E-state index contributed by atoms with van der Waals surface area (Å²) in [6.45, 7) is 1.14. The Balaban J connectivity index is 2.09. The van der Waals surface area contributed by atoms with Gasteiger partial charge in [0.05, 0.1) is 13.2 Å². The number of nitrogens with zero attached hydrogens (tertiary/aromatic N) is 1. The van der Waals surface area contributed by atoms with Gasteiger partial charge in [-0.25, -0.2) is 5.06 Å². The molecule has 2 rings (SSSR count). The molecule has 16 heavy (non-hydrogen) atoms. The molecular weight excluding hydrogens is 293 g/mol. The van der Waals surface area contributed by atoms with E-state index in [2.05, 4.69) is 15.9 Å². The van der Waals surface area contributed by atoms with E-state index in [0.29, 0.717) is 28.6 Å². The van der Waals surface area contributed by atoms with E-state index in [9.17, 15) is 4.79 Å². The summed E-state index contributed by atoms with van der Waals surface area (Å²) in [5.41, 5.74) is 0.589. The molecule has 1 fully saturated rings. The van der Waals surface area contributed by atoms with Crippen molar-refractivity contribution in [3.8, 4) is 0 Å². The average molecular weight is 305 g/mol. The monoisotopic (exact) mass is 303 g/mol. The number of rotatable bonds is 1. The zero-order valence-corrected chi connectivity index (χ0v) is 10.9. The Labute approximate surface area is 107 Å². The Morgan fingerprint density at radius 1 is 1.44 bits per heavy atom. The van der Waals surface area contributed by atoms with E-state index in [1.54, 1.807) is 24.3 Å². The summed E-state index contributed by atoms with van der Waals surface area (Å²) in [6, 6.07) is 6.80. The third-order valence-corrected chi connectivity index (χ3v) is 3.36. The molecule has 86 valence electrons. The van der Waals surface area contributed by atoms with Gasteiger partial charge in [-0.05, 0) is 30.7 Å². The van der Waals surface area contributed by atoms with Crippen LogP contribution in [0.15, 0.2) is 24.3 Å². The molecule has 1 amide bonds. The number of carbonyl (C=O) groups excluding carboxylic acids is 1. The summed E-state index contributed by atoms with van der Waals surface area (Å²) in [5, 5.41) is 2.01. The van der Waals surface area contributed by atoms with Crippen LogP contribution in [0.2, 0.25) is 5.02 Å². The molecule has 1 aromatic rings. The molecule has 1 saturated heterocycles. The number of benzene rings is 1. The first-order valence-corrected chi connectivity index (χ1v) is 6.30. The minimum absolute atomic E-state index is 0.124. The van der Waals surface area contributed by atoms with Gasteiger partial charge in [0.15, 0.2) is 0 Å². The number of hydrogen-bond acceptors (Lipinski definition) is 2. The summed E-state index contributed by atoms with van der Waals surface area (Å²) in [7, 11) is 0. The van der Waals surface area contributed by atoms with Crippen LogP contribution in [0.4, 0.5) is 0 Å². The van der Waals surface area contributed by atoms with E-state index in [-0.39, 0.29) is 5.91 Å². The molecule has 0 aromatic heterocycles. The topological polar surface area (TPSA) is 29.5 Å². The molecule has 1 unspecified atom stereocenters. The van der Waals surface area contributed by atoms with Gasteiger partial charge in [-0.2, -0.15) is 0 Å². The van der Waals surface area contributed by atoms with E-state index >= 15 is 0 Å². The largest absolute Gasteiger partial charge is 0.277 e. The highest BCUT2D eigenvalue weighted by molar-refractivity contribution is 9.09. The molecule has 0 N–H and O–H groups in total. The first-order valence-electron chi connectivity index (χ1n) is 5.01. The van der Waals surface area contributed by atoms with E-state index < -0.39 is 0 Å². The summed E-state index contributed by atoms with van der Waals surface area (Å²) in [5.74, 6) is -0.124. The van der Waals surface area contributed by atoms with Crippen LogP contribution in [0.25, 0.3) is 0 Å². The summed E-state index contributed by atoms with van der Waals surface area (Å²) >= 11 is 9.25. The lowest BCUT2D eigenvalue weighted by Crippen LogP contribution is -2.40. The van der Waals surface area contributed by atoms with Crippen molar-refractivity contribution in [2.75, 3.05) is 13.2 Å². The molecule has 0 bridgehead atoms. The van der Waals surface area contributed by atoms with Crippen molar-refractivity contribution in [1.29, 1.82) is 0 Å². The van der Waals surface area contributed by atoms with Crippen LogP contribution < -0.4 is 0 Å². The van der Waals surface area contributed by atoms with Gasteiger partial charge in [0.1, 0.15) is 0 Å². The predicted octanol–water partition coefficient (Wildman–Crippen LogP) is 2.88. The quantitative estimate of drug-likeness (QED) is 0.747. The van der Waals surface area contributed by atoms with Gasteiger partial charge in [-0.1, -0.05) is 27.5 Å². The highest BCUT2D eigenvalue weighted by Gasteiger charge is 2.23. The molecular formula is C11H11BrClNO2. The number of amides is 1. The Kier molecular flexibility index (Phi) is 3.84. The van der Waals surface area contributed by atoms with E-state index in [4.69, 9.17) is 16.4 Å². The molecule has 0 radical (unpaired) electrons. The normalized spacial score (nSPS) is 20.9. The summed E-state index contributed by atoms with van der Waals surface area (Å²) < 4.78 is 0. The molecule has 1 aromatic carbocycles. The second-order valence-electron chi connectivity index (χ2n) is 3.59. The minimum Gasteiger partial charge on any atom is -0.271 e. The third-order valence-electron chi connectivity index (χ3n) is 2.36. The molecule has 0 aliphatic carbocycles. The molecule has 0 saturated carbocycles. The second-order valence-corrected chi connectivity index (χ2v) is 5.32. The second kappa shape index (κ2) is 5.17. The molecule has 1 aliphatic rings. The highest BCUT2D eigenvalue weighted by atomic mass is 79.9. The van der Waals surface area contributed by atoms with Gasteiger partial charge in [0, 0.05) is 15.4 Å². The Bertz CT molecular complexity index is 382. The molecule has 1 atom stereocenters. The average Bonchev–Trinajstić information content (AvgIpc) is 2.29. The molecule has 0 spiro atoms. The van der Waals surface area contributed by atoms with Crippen molar-refractivity contribution in [1.82, 2.24) is 5.06 Å². The van der Waals surface area contributed by atoms with E-state index in [1.807, 2.05) is 0 Å². The van der Waals surface area contributed by atoms with Gasteiger partial charge in [0.2, 0.25) is 0 Å². The molecule has 1 heterocycles. The zero-order valence-electron chi connectivity index (χ0n) is 8.53. The van der Waals surface area contributed by atoms with Crippen LogP contribution in [0.3, 0.4) is 0 Å².